The highest BCUT2D eigenvalue weighted by Crippen LogP contribution is 2.23. The zero-order valence-corrected chi connectivity index (χ0v) is 14.1. The minimum atomic E-state index is -0.422. The van der Waals surface area contributed by atoms with Crippen LogP contribution in [0.5, 0.6) is 0 Å². The highest BCUT2D eigenvalue weighted by Gasteiger charge is 2.33. The Hall–Kier alpha value is -1.85. The lowest BCUT2D eigenvalue weighted by molar-refractivity contribution is -0.126. The van der Waals surface area contributed by atoms with E-state index < -0.39 is 6.04 Å². The van der Waals surface area contributed by atoms with Crippen LogP contribution in [0.2, 0.25) is 4.34 Å². The number of anilines is 1. The minimum absolute atomic E-state index is 0.0382. The van der Waals surface area contributed by atoms with Crippen molar-refractivity contribution in [3.8, 4) is 0 Å². The van der Waals surface area contributed by atoms with Gasteiger partial charge in [0.2, 0.25) is 11.8 Å². The molecule has 1 N–H and O–H groups in total. The number of amides is 2. The van der Waals surface area contributed by atoms with Crippen molar-refractivity contribution in [1.82, 2.24) is 5.32 Å². The molecule has 3 rings (SSSR count). The molecule has 1 saturated heterocycles. The van der Waals surface area contributed by atoms with E-state index in [1.165, 1.54) is 11.3 Å². The molecule has 6 heteroatoms. The molecule has 2 aromatic rings. The Morgan fingerprint density at radius 2 is 2.04 bits per heavy atom. The molecule has 2 heterocycles. The summed E-state index contributed by atoms with van der Waals surface area (Å²) in [6.07, 6.45) is 1.66. The molecule has 1 aromatic carbocycles. The van der Waals surface area contributed by atoms with E-state index in [1.54, 1.807) is 4.90 Å². The van der Waals surface area contributed by atoms with Crippen LogP contribution in [0.3, 0.4) is 0 Å². The summed E-state index contributed by atoms with van der Waals surface area (Å²) in [6, 6.07) is 12.9. The van der Waals surface area contributed by atoms with E-state index in [0.717, 1.165) is 14.9 Å². The molecule has 0 saturated carbocycles. The van der Waals surface area contributed by atoms with Gasteiger partial charge in [0.05, 0.1) is 4.34 Å². The molecule has 0 bridgehead atoms. The summed E-state index contributed by atoms with van der Waals surface area (Å²) in [7, 11) is 0. The van der Waals surface area contributed by atoms with E-state index in [-0.39, 0.29) is 11.8 Å². The van der Waals surface area contributed by atoms with Gasteiger partial charge in [0.25, 0.3) is 0 Å². The summed E-state index contributed by atoms with van der Waals surface area (Å²) in [5, 5.41) is 2.85. The summed E-state index contributed by atoms with van der Waals surface area (Å²) < 4.78 is 0.727. The largest absolute Gasteiger partial charge is 0.344 e. The van der Waals surface area contributed by atoms with Crippen molar-refractivity contribution >= 4 is 40.4 Å². The van der Waals surface area contributed by atoms with E-state index in [2.05, 4.69) is 5.32 Å². The molecule has 0 radical (unpaired) electrons. The lowest BCUT2D eigenvalue weighted by atomic mass is 10.2. The van der Waals surface area contributed by atoms with Gasteiger partial charge in [-0.15, -0.1) is 11.3 Å². The van der Waals surface area contributed by atoms with Crippen LogP contribution in [0.15, 0.2) is 42.5 Å². The monoisotopic (exact) mass is 348 g/mol. The molecular weight excluding hydrogens is 332 g/mol. The third-order valence-electron chi connectivity index (χ3n) is 3.84. The van der Waals surface area contributed by atoms with Gasteiger partial charge in [-0.25, -0.2) is 0 Å². The van der Waals surface area contributed by atoms with Crippen molar-refractivity contribution in [1.29, 1.82) is 0 Å². The van der Waals surface area contributed by atoms with Crippen molar-refractivity contribution in [3.63, 3.8) is 0 Å². The van der Waals surface area contributed by atoms with Crippen molar-refractivity contribution in [3.05, 3.63) is 51.7 Å². The Morgan fingerprint density at radius 1 is 1.26 bits per heavy atom. The number of rotatable bonds is 5. The van der Waals surface area contributed by atoms with Crippen molar-refractivity contribution in [2.75, 3.05) is 11.4 Å². The Labute approximate surface area is 144 Å². The van der Waals surface area contributed by atoms with Crippen molar-refractivity contribution in [2.45, 2.75) is 25.3 Å². The van der Waals surface area contributed by atoms with Crippen molar-refractivity contribution in [2.24, 2.45) is 0 Å². The summed E-state index contributed by atoms with van der Waals surface area (Å²) >= 11 is 7.36. The fourth-order valence-electron chi connectivity index (χ4n) is 2.67. The number of nitrogens with one attached hydrogen (secondary N) is 1. The summed E-state index contributed by atoms with van der Waals surface area (Å²) in [5.74, 6) is -0.133. The molecular formula is C17H17ClN2O2S. The third-order valence-corrected chi connectivity index (χ3v) is 5.13. The second-order valence-corrected chi connectivity index (χ2v) is 7.24. The van der Waals surface area contributed by atoms with Crippen LogP contribution in [-0.4, -0.2) is 24.4 Å². The molecule has 120 valence electrons. The summed E-state index contributed by atoms with van der Waals surface area (Å²) in [4.78, 5) is 27.3. The number of benzene rings is 1. The fourth-order valence-corrected chi connectivity index (χ4v) is 3.75. The summed E-state index contributed by atoms with van der Waals surface area (Å²) in [6.45, 7) is 0.633. The van der Waals surface area contributed by atoms with Crippen LogP contribution in [0.1, 0.15) is 17.7 Å². The van der Waals surface area contributed by atoms with E-state index in [1.807, 2.05) is 42.5 Å². The molecule has 1 aromatic heterocycles. The van der Waals surface area contributed by atoms with Gasteiger partial charge in [-0.2, -0.15) is 0 Å². The second-order valence-electron chi connectivity index (χ2n) is 5.44. The first kappa shape index (κ1) is 16.0. The second kappa shape index (κ2) is 7.15. The van der Waals surface area contributed by atoms with Gasteiger partial charge in [0, 0.05) is 23.5 Å². The van der Waals surface area contributed by atoms with Crippen LogP contribution >= 0.6 is 22.9 Å². The molecule has 2 amide bonds. The number of carbonyl (C=O) groups excluding carboxylic acids is 2. The molecule has 0 spiro atoms. The predicted molar refractivity (Wildman–Crippen MR) is 93.0 cm³/mol. The number of hydrogen-bond donors (Lipinski definition) is 1. The lowest BCUT2D eigenvalue weighted by Gasteiger charge is -2.17. The molecule has 1 atom stereocenters. The highest BCUT2D eigenvalue weighted by atomic mass is 35.5. The zero-order valence-electron chi connectivity index (χ0n) is 12.5. The first-order chi connectivity index (χ1) is 11.1. The molecule has 1 aliphatic rings. The third kappa shape index (κ3) is 3.92. The van der Waals surface area contributed by atoms with E-state index in [9.17, 15) is 9.59 Å². The molecule has 1 fully saturated rings. The number of aryl methyl sites for hydroxylation is 1. The first-order valence-corrected chi connectivity index (χ1v) is 8.73. The van der Waals surface area contributed by atoms with Crippen molar-refractivity contribution < 1.29 is 9.59 Å². The van der Waals surface area contributed by atoms with Gasteiger partial charge in [0.1, 0.15) is 6.04 Å². The number of hydrogen-bond acceptors (Lipinski definition) is 3. The van der Waals surface area contributed by atoms with Gasteiger partial charge in [0.15, 0.2) is 0 Å². The standard InChI is InChI=1S/C17H17ClN2O2S/c18-15-8-6-13(23-15)7-9-16(21)19-14-10-11-20(17(14)22)12-4-2-1-3-5-12/h1-6,8,14H,7,9-11H2,(H,19,21)/t14-/m0/s1. The number of carbonyl (C=O) groups is 2. The van der Waals surface area contributed by atoms with E-state index in [4.69, 9.17) is 11.6 Å². The molecule has 1 aliphatic heterocycles. The van der Waals surface area contributed by atoms with E-state index in [0.29, 0.717) is 25.8 Å². The highest BCUT2D eigenvalue weighted by molar-refractivity contribution is 7.16. The quantitative estimate of drug-likeness (QED) is 0.901. The number of halogens is 1. The Morgan fingerprint density at radius 3 is 2.74 bits per heavy atom. The van der Waals surface area contributed by atoms with Gasteiger partial charge >= 0.3 is 0 Å². The first-order valence-electron chi connectivity index (χ1n) is 7.53. The van der Waals surface area contributed by atoms with E-state index >= 15 is 0 Å². The van der Waals surface area contributed by atoms with Gasteiger partial charge in [-0.1, -0.05) is 29.8 Å². The van der Waals surface area contributed by atoms with Crippen LogP contribution in [0.4, 0.5) is 5.69 Å². The molecule has 4 nitrogen and oxygen atoms in total. The summed E-state index contributed by atoms with van der Waals surface area (Å²) in [5.41, 5.74) is 0.877. The SMILES string of the molecule is O=C(CCc1ccc(Cl)s1)N[C@H]1CCN(c2ccccc2)C1=O. The van der Waals surface area contributed by atoms with Gasteiger partial charge in [-0.3, -0.25) is 9.59 Å². The smallest absolute Gasteiger partial charge is 0.249 e. The average molecular weight is 349 g/mol. The van der Waals surface area contributed by atoms with Crippen LogP contribution < -0.4 is 10.2 Å². The molecule has 0 aliphatic carbocycles. The topological polar surface area (TPSA) is 49.4 Å². The number of para-hydroxylation sites is 1. The fraction of sp³-hybridized carbons (Fsp3) is 0.294. The molecule has 0 unspecified atom stereocenters. The van der Waals surface area contributed by atoms with Crippen LogP contribution in [-0.2, 0) is 16.0 Å². The average Bonchev–Trinajstić information content (AvgIpc) is 3.13. The Balaban J connectivity index is 1.52. The normalized spacial score (nSPS) is 17.5. The van der Waals surface area contributed by atoms with Crippen LogP contribution in [0, 0.1) is 0 Å². The Bertz CT molecular complexity index is 702. The maximum atomic E-state index is 12.4. The number of thiophene rings is 1. The predicted octanol–water partition coefficient (Wildman–Crippen LogP) is 3.26. The van der Waals surface area contributed by atoms with Gasteiger partial charge < -0.3 is 10.2 Å². The number of nitrogens with zero attached hydrogens (tertiary/aromatic N) is 1. The zero-order chi connectivity index (χ0) is 16.2. The maximum absolute atomic E-state index is 12.4. The Kier molecular flexibility index (Phi) is 4.98. The van der Waals surface area contributed by atoms with Crippen LogP contribution in [0.25, 0.3) is 0 Å². The lowest BCUT2D eigenvalue weighted by Crippen LogP contribution is -2.41. The maximum Gasteiger partial charge on any atom is 0.249 e. The minimum Gasteiger partial charge on any atom is -0.344 e. The van der Waals surface area contributed by atoms with Gasteiger partial charge in [-0.05, 0) is 37.1 Å². The molecule has 23 heavy (non-hydrogen) atoms.